The summed E-state index contributed by atoms with van der Waals surface area (Å²) in [5, 5.41) is 9.88. The van der Waals surface area contributed by atoms with Crippen LogP contribution in [0, 0.1) is 0 Å². The van der Waals surface area contributed by atoms with Gasteiger partial charge in [0.2, 0.25) is 0 Å². The molecule has 1 aromatic rings. The van der Waals surface area contributed by atoms with Crippen molar-refractivity contribution < 1.29 is 9.90 Å². The van der Waals surface area contributed by atoms with Gasteiger partial charge < -0.3 is 10.0 Å². The van der Waals surface area contributed by atoms with Crippen molar-refractivity contribution in [2.24, 2.45) is 0 Å². The van der Waals surface area contributed by atoms with E-state index in [9.17, 15) is 9.90 Å². The van der Waals surface area contributed by atoms with Crippen LogP contribution < -0.4 is 4.90 Å². The first kappa shape index (κ1) is 12.8. The summed E-state index contributed by atoms with van der Waals surface area (Å²) in [6.07, 6.45) is 0.569. The van der Waals surface area contributed by atoms with Crippen molar-refractivity contribution in [2.45, 2.75) is 32.4 Å². The molecular weight excluding hydrogens is 232 g/mol. The maximum atomic E-state index is 11.9. The van der Waals surface area contributed by atoms with Gasteiger partial charge in [-0.15, -0.1) is 0 Å². The van der Waals surface area contributed by atoms with E-state index in [-0.39, 0.29) is 18.0 Å². The second-order valence-corrected chi connectivity index (χ2v) is 5.53. The van der Waals surface area contributed by atoms with E-state index in [0.29, 0.717) is 5.82 Å². The molecule has 1 aromatic heterocycles. The molecule has 18 heavy (non-hydrogen) atoms. The second kappa shape index (κ2) is 4.20. The van der Waals surface area contributed by atoms with Crippen LogP contribution in [0.25, 0.3) is 0 Å². The molecule has 2 rings (SSSR count). The number of nitrogens with zero attached hydrogens (tertiary/aromatic N) is 4. The Balaban J connectivity index is 2.37. The Labute approximate surface area is 106 Å². The molecule has 1 N–H and O–H groups in total. The summed E-state index contributed by atoms with van der Waals surface area (Å²) >= 11 is 0. The lowest BCUT2D eigenvalue weighted by Crippen LogP contribution is -2.35. The molecule has 0 spiro atoms. The molecule has 98 valence electrons. The molecule has 0 aliphatic carbocycles. The number of carbonyl (C=O) groups is 1. The van der Waals surface area contributed by atoms with Gasteiger partial charge in [-0.1, -0.05) is 20.8 Å². The molecule has 0 bridgehead atoms. The van der Waals surface area contributed by atoms with E-state index in [4.69, 9.17) is 0 Å². The van der Waals surface area contributed by atoms with Crippen LogP contribution in [0.1, 0.15) is 26.5 Å². The molecule has 1 fully saturated rings. The van der Waals surface area contributed by atoms with Gasteiger partial charge in [-0.05, 0) is 0 Å². The Morgan fingerprint density at radius 3 is 2.56 bits per heavy atom. The summed E-state index contributed by atoms with van der Waals surface area (Å²) in [7, 11) is 1.65. The fraction of sp³-hybridized carbons (Fsp3) is 0.583. The first-order valence-electron chi connectivity index (χ1n) is 5.85. The summed E-state index contributed by atoms with van der Waals surface area (Å²) in [4.78, 5) is 22.9. The molecule has 6 nitrogen and oxygen atoms in total. The zero-order chi connectivity index (χ0) is 13.5. The van der Waals surface area contributed by atoms with Gasteiger partial charge >= 0.3 is 6.03 Å². The van der Waals surface area contributed by atoms with E-state index >= 15 is 0 Å². The lowest BCUT2D eigenvalue weighted by atomic mass is 9.92. The number of amides is 2. The average Bonchev–Trinajstić information content (AvgIpc) is 2.52. The third kappa shape index (κ3) is 2.15. The molecule has 1 saturated heterocycles. The zero-order valence-electron chi connectivity index (χ0n) is 11.1. The third-order valence-electron chi connectivity index (χ3n) is 2.94. The Kier molecular flexibility index (Phi) is 2.98. The number of aliphatic hydroxyl groups excluding tert-OH is 1. The molecule has 1 unspecified atom stereocenters. The fourth-order valence-corrected chi connectivity index (χ4v) is 1.86. The predicted molar refractivity (Wildman–Crippen MR) is 67.2 cm³/mol. The number of aliphatic hydroxyl groups is 1. The molecule has 6 heteroatoms. The smallest absolute Gasteiger partial charge is 0.327 e. The molecule has 2 heterocycles. The first-order valence-corrected chi connectivity index (χ1v) is 5.85. The van der Waals surface area contributed by atoms with Crippen LogP contribution in [-0.2, 0) is 5.41 Å². The van der Waals surface area contributed by atoms with Gasteiger partial charge in [-0.25, -0.2) is 19.7 Å². The summed E-state index contributed by atoms with van der Waals surface area (Å²) in [5.74, 6) is 0.441. The molecule has 1 atom stereocenters. The zero-order valence-corrected chi connectivity index (χ0v) is 11.1. The van der Waals surface area contributed by atoms with Gasteiger partial charge in [0, 0.05) is 18.5 Å². The van der Waals surface area contributed by atoms with E-state index in [2.05, 4.69) is 9.97 Å². The molecule has 0 saturated carbocycles. The van der Waals surface area contributed by atoms with Crippen molar-refractivity contribution in [3.8, 4) is 0 Å². The van der Waals surface area contributed by atoms with Gasteiger partial charge in [0.1, 0.15) is 12.1 Å². The van der Waals surface area contributed by atoms with Crippen molar-refractivity contribution in [2.75, 3.05) is 18.5 Å². The fourth-order valence-electron chi connectivity index (χ4n) is 1.86. The minimum Gasteiger partial charge on any atom is -0.371 e. The highest BCUT2D eigenvalue weighted by Gasteiger charge is 2.36. The SMILES string of the molecule is CN1CC(O)N(c2cc(C(C)(C)C)ncn2)C1=O. The largest absolute Gasteiger partial charge is 0.371 e. The third-order valence-corrected chi connectivity index (χ3v) is 2.94. The highest BCUT2D eigenvalue weighted by atomic mass is 16.3. The maximum absolute atomic E-state index is 11.9. The van der Waals surface area contributed by atoms with E-state index in [1.165, 1.54) is 16.1 Å². The van der Waals surface area contributed by atoms with E-state index < -0.39 is 6.23 Å². The van der Waals surface area contributed by atoms with Crippen LogP contribution in [0.3, 0.4) is 0 Å². The van der Waals surface area contributed by atoms with Crippen LogP contribution >= 0.6 is 0 Å². The number of carbonyl (C=O) groups excluding carboxylic acids is 1. The number of hydrogen-bond donors (Lipinski definition) is 1. The van der Waals surface area contributed by atoms with Gasteiger partial charge in [-0.3, -0.25) is 0 Å². The lowest BCUT2D eigenvalue weighted by Gasteiger charge is -2.22. The average molecular weight is 250 g/mol. The number of rotatable bonds is 1. The second-order valence-electron chi connectivity index (χ2n) is 5.53. The highest BCUT2D eigenvalue weighted by molar-refractivity contribution is 5.93. The summed E-state index contributed by atoms with van der Waals surface area (Å²) < 4.78 is 0. The minimum absolute atomic E-state index is 0.128. The van der Waals surface area contributed by atoms with Crippen LogP contribution in [0.15, 0.2) is 12.4 Å². The highest BCUT2D eigenvalue weighted by Crippen LogP contribution is 2.25. The minimum atomic E-state index is -0.856. The standard InChI is InChI=1S/C12H18N4O2/c1-12(2,3)8-5-9(14-7-13-8)16-10(17)6-15(4)11(16)18/h5,7,10,17H,6H2,1-4H3. The number of aromatic nitrogens is 2. The monoisotopic (exact) mass is 250 g/mol. The molecule has 2 amide bonds. The molecular formula is C12H18N4O2. The molecule has 1 aliphatic heterocycles. The Hall–Kier alpha value is -1.69. The van der Waals surface area contributed by atoms with Crippen molar-refractivity contribution in [3.63, 3.8) is 0 Å². The molecule has 0 radical (unpaired) electrons. The van der Waals surface area contributed by atoms with Crippen LogP contribution in [0.4, 0.5) is 10.6 Å². The van der Waals surface area contributed by atoms with Crippen LogP contribution in [0.2, 0.25) is 0 Å². The van der Waals surface area contributed by atoms with Crippen LogP contribution in [-0.4, -0.2) is 45.8 Å². The van der Waals surface area contributed by atoms with E-state index in [1.807, 2.05) is 20.8 Å². The van der Waals surface area contributed by atoms with Crippen molar-refractivity contribution >= 4 is 11.8 Å². The van der Waals surface area contributed by atoms with Gasteiger partial charge in [-0.2, -0.15) is 0 Å². The number of hydrogen-bond acceptors (Lipinski definition) is 4. The normalized spacial score (nSPS) is 20.7. The first-order chi connectivity index (χ1) is 8.30. The van der Waals surface area contributed by atoms with E-state index in [0.717, 1.165) is 5.69 Å². The quantitative estimate of drug-likeness (QED) is 0.806. The summed E-state index contributed by atoms with van der Waals surface area (Å²) in [6, 6.07) is 1.50. The maximum Gasteiger partial charge on any atom is 0.327 e. The Morgan fingerprint density at radius 2 is 2.06 bits per heavy atom. The van der Waals surface area contributed by atoms with E-state index in [1.54, 1.807) is 13.1 Å². The number of β-amino-alcohol motifs (C(OH)–C–C–N with tert-alkyl or cyclic N) is 1. The van der Waals surface area contributed by atoms with Crippen LogP contribution in [0.5, 0.6) is 0 Å². The molecule has 0 aromatic carbocycles. The topological polar surface area (TPSA) is 69.6 Å². The van der Waals surface area contributed by atoms with Gasteiger partial charge in [0.05, 0.1) is 12.2 Å². The predicted octanol–water partition coefficient (Wildman–Crippen LogP) is 0.964. The van der Waals surface area contributed by atoms with Crippen molar-refractivity contribution in [1.82, 2.24) is 14.9 Å². The Morgan fingerprint density at radius 1 is 1.39 bits per heavy atom. The number of likely N-dealkylation sites (N-methyl/N-ethyl adjacent to an activating group) is 1. The summed E-state index contributed by atoms with van der Waals surface area (Å²) in [5.41, 5.74) is 0.708. The number of urea groups is 1. The number of anilines is 1. The molecule has 1 aliphatic rings. The van der Waals surface area contributed by atoms with Gasteiger partial charge in [0.15, 0.2) is 6.23 Å². The lowest BCUT2D eigenvalue weighted by molar-refractivity contribution is 0.183. The van der Waals surface area contributed by atoms with Gasteiger partial charge in [0.25, 0.3) is 0 Å². The Bertz CT molecular complexity index is 469. The van der Waals surface area contributed by atoms with Crippen molar-refractivity contribution in [1.29, 1.82) is 0 Å². The van der Waals surface area contributed by atoms with Crippen molar-refractivity contribution in [3.05, 3.63) is 18.1 Å². The summed E-state index contributed by atoms with van der Waals surface area (Å²) in [6.45, 7) is 6.39.